The molecule has 1 saturated carbocycles. The zero-order valence-electron chi connectivity index (χ0n) is 11.4. The maximum atomic E-state index is 12.2. The van der Waals surface area contributed by atoms with Crippen LogP contribution in [0.4, 0.5) is 4.79 Å². The van der Waals surface area contributed by atoms with Gasteiger partial charge in [-0.05, 0) is 25.7 Å². The van der Waals surface area contributed by atoms with E-state index in [0.29, 0.717) is 13.0 Å². The van der Waals surface area contributed by atoms with Crippen LogP contribution in [0.5, 0.6) is 0 Å². The van der Waals surface area contributed by atoms with Gasteiger partial charge in [-0.2, -0.15) is 0 Å². The van der Waals surface area contributed by atoms with Crippen molar-refractivity contribution in [1.82, 2.24) is 10.2 Å². The average Bonchev–Trinajstić information content (AvgIpc) is 2.81. The Morgan fingerprint density at radius 1 is 0.947 bits per heavy atom. The van der Waals surface area contributed by atoms with Crippen molar-refractivity contribution in [3.8, 4) is 0 Å². The van der Waals surface area contributed by atoms with Crippen molar-refractivity contribution in [2.75, 3.05) is 6.54 Å². The summed E-state index contributed by atoms with van der Waals surface area (Å²) in [6, 6.07) is -0.591. The first kappa shape index (κ1) is 14.2. The molecule has 0 aromatic heterocycles. The molecule has 0 radical (unpaired) electrons. The maximum Gasteiger partial charge on any atom is 0.326 e. The van der Waals surface area contributed by atoms with Gasteiger partial charge in [0.25, 0.3) is 0 Å². The number of nitrogens with zero attached hydrogens (tertiary/aromatic N) is 1. The van der Waals surface area contributed by atoms with Gasteiger partial charge in [0.2, 0.25) is 0 Å². The lowest BCUT2D eigenvalue weighted by Crippen LogP contribution is -2.49. The van der Waals surface area contributed by atoms with Crippen LogP contribution in [0.2, 0.25) is 0 Å². The van der Waals surface area contributed by atoms with Crippen LogP contribution in [-0.4, -0.2) is 40.6 Å². The standard InChI is InChI=1S/C14H24N2O3/c17-13(18)12-9-6-10-16(12)14(19)15-11-7-4-2-1-3-5-8-11/h11-12H,1-10H2,(H,15,19)(H,17,18). The fraction of sp³-hybridized carbons (Fsp3) is 0.857. The van der Waals surface area contributed by atoms with E-state index in [1.165, 1.54) is 24.2 Å². The molecule has 1 saturated heterocycles. The van der Waals surface area contributed by atoms with E-state index in [9.17, 15) is 9.59 Å². The molecule has 0 bridgehead atoms. The van der Waals surface area contributed by atoms with Crippen molar-refractivity contribution in [1.29, 1.82) is 0 Å². The monoisotopic (exact) mass is 268 g/mol. The molecular formula is C14H24N2O3. The van der Waals surface area contributed by atoms with Gasteiger partial charge in [0, 0.05) is 12.6 Å². The van der Waals surface area contributed by atoms with E-state index in [4.69, 9.17) is 5.11 Å². The van der Waals surface area contributed by atoms with Crippen LogP contribution < -0.4 is 5.32 Å². The summed E-state index contributed by atoms with van der Waals surface area (Å²) >= 11 is 0. The van der Waals surface area contributed by atoms with Crippen molar-refractivity contribution in [3.05, 3.63) is 0 Å². The van der Waals surface area contributed by atoms with Gasteiger partial charge < -0.3 is 15.3 Å². The van der Waals surface area contributed by atoms with Gasteiger partial charge in [-0.25, -0.2) is 9.59 Å². The van der Waals surface area contributed by atoms with Crippen LogP contribution >= 0.6 is 0 Å². The number of hydrogen-bond acceptors (Lipinski definition) is 2. The molecule has 19 heavy (non-hydrogen) atoms. The number of carbonyl (C=O) groups is 2. The number of likely N-dealkylation sites (tertiary alicyclic amines) is 1. The van der Waals surface area contributed by atoms with Crippen molar-refractivity contribution < 1.29 is 14.7 Å². The summed E-state index contributed by atoms with van der Waals surface area (Å²) in [6.45, 7) is 0.565. The van der Waals surface area contributed by atoms with Crippen molar-refractivity contribution in [2.24, 2.45) is 0 Å². The highest BCUT2D eigenvalue weighted by Gasteiger charge is 2.34. The second-order valence-corrected chi connectivity index (χ2v) is 5.68. The van der Waals surface area contributed by atoms with Crippen molar-refractivity contribution in [2.45, 2.75) is 69.9 Å². The van der Waals surface area contributed by atoms with Gasteiger partial charge in [0.1, 0.15) is 6.04 Å². The lowest BCUT2D eigenvalue weighted by Gasteiger charge is -2.27. The highest BCUT2D eigenvalue weighted by atomic mass is 16.4. The topological polar surface area (TPSA) is 69.6 Å². The van der Waals surface area contributed by atoms with E-state index in [2.05, 4.69) is 5.32 Å². The van der Waals surface area contributed by atoms with Gasteiger partial charge in [0.05, 0.1) is 0 Å². The third kappa shape index (κ3) is 3.85. The van der Waals surface area contributed by atoms with Gasteiger partial charge >= 0.3 is 12.0 Å². The molecule has 2 amide bonds. The van der Waals surface area contributed by atoms with Crippen LogP contribution in [0, 0.1) is 0 Å². The molecule has 0 spiro atoms. The van der Waals surface area contributed by atoms with Gasteiger partial charge in [-0.3, -0.25) is 0 Å². The first-order valence-corrected chi connectivity index (χ1v) is 7.48. The summed E-state index contributed by atoms with van der Waals surface area (Å²) in [4.78, 5) is 24.8. The lowest BCUT2D eigenvalue weighted by molar-refractivity contribution is -0.141. The number of carboxylic acid groups (broad SMARTS) is 1. The highest BCUT2D eigenvalue weighted by Crippen LogP contribution is 2.20. The number of urea groups is 1. The second kappa shape index (κ2) is 6.78. The Morgan fingerprint density at radius 3 is 2.21 bits per heavy atom. The zero-order valence-corrected chi connectivity index (χ0v) is 11.4. The summed E-state index contributed by atoms with van der Waals surface area (Å²) < 4.78 is 0. The van der Waals surface area contributed by atoms with E-state index < -0.39 is 12.0 Å². The van der Waals surface area contributed by atoms with Gasteiger partial charge in [-0.15, -0.1) is 0 Å². The summed E-state index contributed by atoms with van der Waals surface area (Å²) in [6.07, 6.45) is 9.52. The molecule has 5 nitrogen and oxygen atoms in total. The minimum atomic E-state index is -0.884. The van der Waals surface area contributed by atoms with Crippen molar-refractivity contribution in [3.63, 3.8) is 0 Å². The first-order chi connectivity index (χ1) is 9.18. The molecule has 108 valence electrons. The van der Waals surface area contributed by atoms with E-state index in [-0.39, 0.29) is 12.1 Å². The molecule has 1 aliphatic heterocycles. The molecule has 2 N–H and O–H groups in total. The number of carbonyl (C=O) groups excluding carboxylic acids is 1. The first-order valence-electron chi connectivity index (χ1n) is 7.48. The summed E-state index contributed by atoms with van der Waals surface area (Å²) in [5, 5.41) is 12.1. The summed E-state index contributed by atoms with van der Waals surface area (Å²) in [5.41, 5.74) is 0. The Balaban J connectivity index is 1.86. The molecule has 2 rings (SSSR count). The average molecular weight is 268 g/mol. The highest BCUT2D eigenvalue weighted by molar-refractivity contribution is 5.83. The lowest BCUT2D eigenvalue weighted by atomic mass is 9.97. The molecule has 1 unspecified atom stereocenters. The Bertz CT molecular complexity index is 325. The predicted octanol–water partition coefficient (Wildman–Crippen LogP) is 2.36. The normalized spacial score (nSPS) is 25.7. The molecule has 0 aromatic rings. The zero-order chi connectivity index (χ0) is 13.7. The Morgan fingerprint density at radius 2 is 1.58 bits per heavy atom. The molecule has 1 aliphatic carbocycles. The third-order valence-corrected chi connectivity index (χ3v) is 4.23. The number of carboxylic acids is 1. The minimum absolute atomic E-state index is 0.185. The van der Waals surface area contributed by atoms with Crippen LogP contribution in [-0.2, 0) is 4.79 Å². The molecule has 5 heteroatoms. The fourth-order valence-corrected chi connectivity index (χ4v) is 3.12. The number of aliphatic carboxylic acids is 1. The Kier molecular flexibility index (Phi) is 5.05. The van der Waals surface area contributed by atoms with Crippen molar-refractivity contribution >= 4 is 12.0 Å². The van der Waals surface area contributed by atoms with E-state index >= 15 is 0 Å². The van der Waals surface area contributed by atoms with Crippen LogP contribution in [0.25, 0.3) is 0 Å². The maximum absolute atomic E-state index is 12.2. The van der Waals surface area contributed by atoms with Gasteiger partial charge in [-0.1, -0.05) is 32.1 Å². The molecule has 1 heterocycles. The Labute approximate surface area is 114 Å². The number of nitrogens with one attached hydrogen (secondary N) is 1. The van der Waals surface area contributed by atoms with Crippen LogP contribution in [0.15, 0.2) is 0 Å². The molecule has 2 aliphatic rings. The third-order valence-electron chi connectivity index (χ3n) is 4.23. The second-order valence-electron chi connectivity index (χ2n) is 5.68. The van der Waals surface area contributed by atoms with E-state index in [1.807, 2.05) is 0 Å². The molecule has 2 fully saturated rings. The minimum Gasteiger partial charge on any atom is -0.480 e. The fourth-order valence-electron chi connectivity index (χ4n) is 3.12. The quantitative estimate of drug-likeness (QED) is 0.807. The molecular weight excluding hydrogens is 244 g/mol. The number of hydrogen-bond donors (Lipinski definition) is 2. The number of amides is 2. The largest absolute Gasteiger partial charge is 0.480 e. The Hall–Kier alpha value is -1.26. The van der Waals surface area contributed by atoms with Crippen LogP contribution in [0.3, 0.4) is 0 Å². The molecule has 1 atom stereocenters. The summed E-state index contributed by atoms with van der Waals surface area (Å²) in [5.74, 6) is -0.884. The number of rotatable bonds is 2. The SMILES string of the molecule is O=C(O)C1CCCN1C(=O)NC1CCCCCCC1. The van der Waals surface area contributed by atoms with E-state index in [1.54, 1.807) is 0 Å². The van der Waals surface area contributed by atoms with E-state index in [0.717, 1.165) is 32.1 Å². The smallest absolute Gasteiger partial charge is 0.326 e. The van der Waals surface area contributed by atoms with Crippen LogP contribution in [0.1, 0.15) is 57.8 Å². The molecule has 0 aromatic carbocycles. The van der Waals surface area contributed by atoms with Gasteiger partial charge in [0.15, 0.2) is 0 Å². The summed E-state index contributed by atoms with van der Waals surface area (Å²) in [7, 11) is 0. The predicted molar refractivity (Wildman–Crippen MR) is 72.0 cm³/mol.